The van der Waals surface area contributed by atoms with E-state index in [1.807, 2.05) is 0 Å². The van der Waals surface area contributed by atoms with Gasteiger partial charge in [0.25, 0.3) is 0 Å². The van der Waals surface area contributed by atoms with E-state index in [0.29, 0.717) is 24.3 Å². The Hall–Kier alpha value is -2.06. The molecule has 0 bridgehead atoms. The number of nitrogens with one attached hydrogen (secondary N) is 1. The number of nitrogens with zero attached hydrogens (tertiary/aromatic N) is 1. The van der Waals surface area contributed by atoms with Gasteiger partial charge in [0, 0.05) is 5.69 Å². The molecule has 134 valence electrons. The van der Waals surface area contributed by atoms with Gasteiger partial charge in [0.2, 0.25) is 5.91 Å². The average Bonchev–Trinajstić information content (AvgIpc) is 2.65. The summed E-state index contributed by atoms with van der Waals surface area (Å²) in [5.74, 6) is 0.489. The summed E-state index contributed by atoms with van der Waals surface area (Å²) in [5.41, 5.74) is -0.221. The van der Waals surface area contributed by atoms with Gasteiger partial charge in [0.1, 0.15) is 17.3 Å². The Balaban J connectivity index is 1.60. The molecule has 25 heavy (non-hydrogen) atoms. The molecular formula is C20H26N2O3. The lowest BCUT2D eigenvalue weighted by Crippen LogP contribution is -2.36. The third-order valence-corrected chi connectivity index (χ3v) is 5.42. The minimum absolute atomic E-state index is 0.154. The molecule has 2 fully saturated rings. The molecule has 0 spiro atoms. The third-order valence-electron chi connectivity index (χ3n) is 5.42. The van der Waals surface area contributed by atoms with Crippen molar-refractivity contribution in [3.63, 3.8) is 0 Å². The van der Waals surface area contributed by atoms with Gasteiger partial charge in [-0.2, -0.15) is 5.26 Å². The molecule has 5 heteroatoms. The Bertz CT molecular complexity index is 629. The van der Waals surface area contributed by atoms with Crippen molar-refractivity contribution in [2.75, 3.05) is 5.32 Å². The third kappa shape index (κ3) is 4.13. The van der Waals surface area contributed by atoms with Crippen molar-refractivity contribution >= 4 is 11.6 Å². The summed E-state index contributed by atoms with van der Waals surface area (Å²) in [7, 11) is 0. The molecule has 1 amide bonds. The standard InChI is InChI=1S/C20H26N2O3/c21-14-20(12-4-1-5-13-20)19(24)22-15-8-10-16(11-9-15)25-18-7-3-2-6-17(18)23/h8-11,17-18,23H,1-7,12-13H2,(H,22,24). The first-order valence-corrected chi connectivity index (χ1v) is 9.30. The van der Waals surface area contributed by atoms with Crippen molar-refractivity contribution in [2.45, 2.75) is 70.0 Å². The van der Waals surface area contributed by atoms with Gasteiger partial charge in [-0.25, -0.2) is 0 Å². The van der Waals surface area contributed by atoms with E-state index in [0.717, 1.165) is 44.9 Å². The quantitative estimate of drug-likeness (QED) is 0.872. The van der Waals surface area contributed by atoms with Crippen LogP contribution in [-0.2, 0) is 4.79 Å². The Morgan fingerprint density at radius 3 is 2.44 bits per heavy atom. The van der Waals surface area contributed by atoms with E-state index in [4.69, 9.17) is 4.74 Å². The molecule has 1 aromatic carbocycles. The van der Waals surface area contributed by atoms with Crippen LogP contribution in [0.2, 0.25) is 0 Å². The number of nitriles is 1. The molecule has 2 aliphatic rings. The zero-order valence-corrected chi connectivity index (χ0v) is 14.5. The zero-order chi connectivity index (χ0) is 17.7. The maximum absolute atomic E-state index is 12.6. The van der Waals surface area contributed by atoms with E-state index in [9.17, 15) is 15.2 Å². The van der Waals surface area contributed by atoms with E-state index < -0.39 is 11.5 Å². The Morgan fingerprint density at radius 2 is 1.80 bits per heavy atom. The topological polar surface area (TPSA) is 82.4 Å². The molecule has 2 unspecified atom stereocenters. The molecule has 0 aromatic heterocycles. The van der Waals surface area contributed by atoms with E-state index >= 15 is 0 Å². The fraction of sp³-hybridized carbons (Fsp3) is 0.600. The molecule has 0 aliphatic heterocycles. The van der Waals surface area contributed by atoms with Crippen LogP contribution in [0.15, 0.2) is 24.3 Å². The maximum Gasteiger partial charge on any atom is 0.244 e. The average molecular weight is 342 g/mol. The summed E-state index contributed by atoms with van der Waals surface area (Å²) in [6, 6.07) is 9.42. The predicted molar refractivity (Wildman–Crippen MR) is 95.1 cm³/mol. The van der Waals surface area contributed by atoms with Crippen LogP contribution in [0.3, 0.4) is 0 Å². The fourth-order valence-corrected chi connectivity index (χ4v) is 3.80. The lowest BCUT2D eigenvalue weighted by Gasteiger charge is -2.29. The van der Waals surface area contributed by atoms with Crippen molar-refractivity contribution in [2.24, 2.45) is 5.41 Å². The molecule has 1 aromatic rings. The monoisotopic (exact) mass is 342 g/mol. The van der Waals surface area contributed by atoms with Crippen molar-refractivity contribution in [1.29, 1.82) is 5.26 Å². The molecule has 0 radical (unpaired) electrons. The van der Waals surface area contributed by atoms with Crippen LogP contribution >= 0.6 is 0 Å². The van der Waals surface area contributed by atoms with Gasteiger partial charge < -0.3 is 15.2 Å². The molecule has 0 saturated heterocycles. The summed E-state index contributed by atoms with van der Waals surface area (Å²) in [5, 5.41) is 22.4. The highest BCUT2D eigenvalue weighted by molar-refractivity contribution is 5.97. The van der Waals surface area contributed by atoms with Crippen LogP contribution in [0.5, 0.6) is 5.75 Å². The van der Waals surface area contributed by atoms with Crippen LogP contribution in [0.1, 0.15) is 57.8 Å². The highest BCUT2D eigenvalue weighted by atomic mass is 16.5. The van der Waals surface area contributed by atoms with E-state index in [-0.39, 0.29) is 12.0 Å². The molecule has 2 saturated carbocycles. The van der Waals surface area contributed by atoms with Crippen LogP contribution in [0.25, 0.3) is 0 Å². The van der Waals surface area contributed by atoms with Gasteiger partial charge in [0.15, 0.2) is 0 Å². The number of aliphatic hydroxyl groups excluding tert-OH is 1. The number of carbonyl (C=O) groups is 1. The largest absolute Gasteiger partial charge is 0.488 e. The van der Waals surface area contributed by atoms with Gasteiger partial charge in [0.05, 0.1) is 12.2 Å². The van der Waals surface area contributed by atoms with E-state index in [1.54, 1.807) is 24.3 Å². The van der Waals surface area contributed by atoms with Gasteiger partial charge in [-0.05, 0) is 56.4 Å². The normalized spacial score (nSPS) is 25.6. The molecule has 2 aliphatic carbocycles. The second-order valence-electron chi connectivity index (χ2n) is 7.24. The van der Waals surface area contributed by atoms with Gasteiger partial charge in [-0.15, -0.1) is 0 Å². The molecule has 3 rings (SSSR count). The van der Waals surface area contributed by atoms with Crippen molar-refractivity contribution in [3.05, 3.63) is 24.3 Å². The minimum Gasteiger partial charge on any atom is -0.488 e. The number of hydrogen-bond donors (Lipinski definition) is 2. The highest BCUT2D eigenvalue weighted by Crippen LogP contribution is 2.37. The van der Waals surface area contributed by atoms with E-state index in [1.165, 1.54) is 0 Å². The van der Waals surface area contributed by atoms with Crippen molar-refractivity contribution in [3.8, 4) is 11.8 Å². The number of ether oxygens (including phenoxy) is 1. The number of rotatable bonds is 4. The molecule has 2 N–H and O–H groups in total. The summed E-state index contributed by atoms with van der Waals surface area (Å²) in [6.45, 7) is 0. The van der Waals surface area contributed by atoms with Gasteiger partial charge in [-0.3, -0.25) is 4.79 Å². The number of hydrogen-bond acceptors (Lipinski definition) is 4. The van der Waals surface area contributed by atoms with Crippen LogP contribution in [0.4, 0.5) is 5.69 Å². The summed E-state index contributed by atoms with van der Waals surface area (Å²) < 4.78 is 5.87. The molecule has 5 nitrogen and oxygen atoms in total. The molecular weight excluding hydrogens is 316 g/mol. The minimum atomic E-state index is -0.889. The second kappa shape index (κ2) is 7.88. The number of aliphatic hydroxyl groups is 1. The van der Waals surface area contributed by atoms with Crippen LogP contribution in [-0.4, -0.2) is 23.2 Å². The zero-order valence-electron chi connectivity index (χ0n) is 14.5. The van der Waals surface area contributed by atoms with Crippen molar-refractivity contribution < 1.29 is 14.6 Å². The number of anilines is 1. The van der Waals surface area contributed by atoms with Crippen molar-refractivity contribution in [1.82, 2.24) is 0 Å². The number of benzene rings is 1. The fourth-order valence-electron chi connectivity index (χ4n) is 3.80. The summed E-state index contributed by atoms with van der Waals surface area (Å²) >= 11 is 0. The first-order chi connectivity index (χ1) is 12.1. The number of amides is 1. The SMILES string of the molecule is N#CC1(C(=O)Nc2ccc(OC3CCCCC3O)cc2)CCCCC1. The van der Waals surface area contributed by atoms with E-state index in [2.05, 4.69) is 11.4 Å². The maximum atomic E-state index is 12.6. The lowest BCUT2D eigenvalue weighted by atomic mass is 9.74. The molecule has 0 heterocycles. The smallest absolute Gasteiger partial charge is 0.244 e. The van der Waals surface area contributed by atoms with Gasteiger partial charge in [-0.1, -0.05) is 25.7 Å². The van der Waals surface area contributed by atoms with Crippen LogP contribution in [0, 0.1) is 16.7 Å². The van der Waals surface area contributed by atoms with Crippen LogP contribution < -0.4 is 10.1 Å². The highest BCUT2D eigenvalue weighted by Gasteiger charge is 2.39. The Labute approximate surface area is 149 Å². The second-order valence-corrected chi connectivity index (χ2v) is 7.24. The number of carbonyl (C=O) groups excluding carboxylic acids is 1. The van der Waals surface area contributed by atoms with Gasteiger partial charge >= 0.3 is 0 Å². The summed E-state index contributed by atoms with van der Waals surface area (Å²) in [6.07, 6.45) is 7.43. The first kappa shape index (κ1) is 17.8. The Morgan fingerprint density at radius 1 is 1.12 bits per heavy atom. The predicted octanol–water partition coefficient (Wildman–Crippen LogP) is 3.78. The first-order valence-electron chi connectivity index (χ1n) is 9.30. The Kier molecular flexibility index (Phi) is 5.60. The lowest BCUT2D eigenvalue weighted by molar-refractivity contribution is -0.124. The summed E-state index contributed by atoms with van der Waals surface area (Å²) in [4.78, 5) is 12.6. The molecule has 2 atom stereocenters.